The Kier molecular flexibility index (Phi) is 7.64. The first-order chi connectivity index (χ1) is 12.0. The van der Waals surface area contributed by atoms with Crippen LogP contribution in [-0.4, -0.2) is 5.60 Å². The number of hydrogen-bond acceptors (Lipinski definition) is 1. The van der Waals surface area contributed by atoms with Gasteiger partial charge in [-0.05, 0) is 85.5 Å². The second-order valence-corrected chi connectivity index (χ2v) is 12.1. The van der Waals surface area contributed by atoms with Gasteiger partial charge in [-0.2, -0.15) is 0 Å². The molecule has 27 heavy (non-hydrogen) atoms. The van der Waals surface area contributed by atoms with Crippen molar-refractivity contribution in [2.45, 2.75) is 114 Å². The van der Waals surface area contributed by atoms with Gasteiger partial charge in [-0.15, -0.1) is 0 Å². The quantitative estimate of drug-likeness (QED) is 0.493. The molecule has 0 amide bonds. The molecular formula is C26H46O. The van der Waals surface area contributed by atoms with Crippen molar-refractivity contribution < 1.29 is 4.74 Å². The molecule has 0 spiro atoms. The first kappa shape index (κ1) is 24.1. The van der Waals surface area contributed by atoms with Crippen LogP contribution in [0.2, 0.25) is 0 Å². The second kappa shape index (κ2) is 8.58. The van der Waals surface area contributed by atoms with E-state index in [2.05, 4.69) is 89.2 Å². The van der Waals surface area contributed by atoms with Crippen LogP contribution in [-0.2, 0) is 25.7 Å². The molecule has 0 N–H and O–H groups in total. The maximum Gasteiger partial charge on any atom is 0.126 e. The minimum Gasteiger partial charge on any atom is -0.488 e. The van der Waals surface area contributed by atoms with E-state index in [4.69, 9.17) is 4.74 Å². The summed E-state index contributed by atoms with van der Waals surface area (Å²) >= 11 is 0. The summed E-state index contributed by atoms with van der Waals surface area (Å²) in [6.07, 6.45) is 4.33. The van der Waals surface area contributed by atoms with E-state index >= 15 is 0 Å². The molecule has 0 aliphatic heterocycles. The second-order valence-electron chi connectivity index (χ2n) is 12.1. The van der Waals surface area contributed by atoms with Crippen molar-refractivity contribution in [3.8, 4) is 5.75 Å². The van der Waals surface area contributed by atoms with Crippen LogP contribution in [0.5, 0.6) is 5.75 Å². The molecule has 1 rings (SSSR count). The molecule has 0 fully saturated rings. The predicted octanol–water partition coefficient (Wildman–Crippen LogP) is 7.80. The van der Waals surface area contributed by atoms with Crippen LogP contribution in [0.15, 0.2) is 6.07 Å². The van der Waals surface area contributed by atoms with Crippen molar-refractivity contribution in [3.63, 3.8) is 0 Å². The molecule has 0 saturated heterocycles. The Morgan fingerprint density at radius 2 is 1.30 bits per heavy atom. The van der Waals surface area contributed by atoms with Gasteiger partial charge in [0.25, 0.3) is 0 Å². The normalized spacial score (nSPS) is 13.4. The van der Waals surface area contributed by atoms with E-state index in [1.807, 2.05) is 0 Å². The summed E-state index contributed by atoms with van der Waals surface area (Å²) in [6.45, 7) is 27.5. The van der Waals surface area contributed by atoms with Gasteiger partial charge in [0.1, 0.15) is 11.4 Å². The highest BCUT2D eigenvalue weighted by Gasteiger charge is 2.27. The van der Waals surface area contributed by atoms with E-state index in [-0.39, 0.29) is 16.4 Å². The van der Waals surface area contributed by atoms with Gasteiger partial charge >= 0.3 is 0 Å². The van der Waals surface area contributed by atoms with E-state index in [1.54, 1.807) is 0 Å². The average Bonchev–Trinajstić information content (AvgIpc) is 2.38. The van der Waals surface area contributed by atoms with Gasteiger partial charge in [0.15, 0.2) is 0 Å². The molecule has 1 heteroatoms. The molecule has 0 heterocycles. The van der Waals surface area contributed by atoms with Gasteiger partial charge in [-0.25, -0.2) is 0 Å². The Hall–Kier alpha value is -0.980. The number of rotatable bonds is 6. The largest absolute Gasteiger partial charge is 0.488 e. The zero-order valence-electron chi connectivity index (χ0n) is 20.4. The Balaban J connectivity index is 3.78. The minimum absolute atomic E-state index is 0.191. The lowest BCUT2D eigenvalue weighted by Gasteiger charge is -2.32. The van der Waals surface area contributed by atoms with Crippen molar-refractivity contribution in [1.29, 1.82) is 0 Å². The maximum absolute atomic E-state index is 6.66. The van der Waals surface area contributed by atoms with Gasteiger partial charge in [-0.3, -0.25) is 0 Å². The van der Waals surface area contributed by atoms with Gasteiger partial charge in [0.2, 0.25) is 0 Å². The highest BCUT2D eigenvalue weighted by Crippen LogP contribution is 2.40. The first-order valence-electron chi connectivity index (χ1n) is 10.9. The molecule has 0 radical (unpaired) electrons. The Labute approximate surface area is 170 Å². The fraction of sp³-hybridized carbons (Fsp3) is 0.769. The SMILES string of the molecule is CCc1c(CC(C)C)cc(CC(C)(C)C)c(OC(C)(C)C)c1CC(C)(C)C. The smallest absolute Gasteiger partial charge is 0.126 e. The number of hydrogen-bond donors (Lipinski definition) is 0. The third-order valence-electron chi connectivity index (χ3n) is 4.48. The highest BCUT2D eigenvalue weighted by molar-refractivity contribution is 5.52. The summed E-state index contributed by atoms with van der Waals surface area (Å²) in [6, 6.07) is 2.47. The van der Waals surface area contributed by atoms with E-state index in [0.29, 0.717) is 5.92 Å². The fourth-order valence-corrected chi connectivity index (χ4v) is 3.80. The average molecular weight is 375 g/mol. The molecule has 0 aromatic heterocycles. The van der Waals surface area contributed by atoms with Crippen LogP contribution in [0.25, 0.3) is 0 Å². The Morgan fingerprint density at radius 3 is 1.67 bits per heavy atom. The number of ether oxygens (including phenoxy) is 1. The molecule has 0 aliphatic rings. The standard InChI is InChI=1S/C26H46O/c1-13-21-19(14-18(2)3)15-20(16-24(4,5)6)23(27-26(10,11)12)22(21)17-25(7,8)9/h15,18H,13-14,16-17H2,1-12H3. The fourth-order valence-electron chi connectivity index (χ4n) is 3.80. The summed E-state index contributed by atoms with van der Waals surface area (Å²) in [5.41, 5.74) is 6.18. The van der Waals surface area contributed by atoms with Crippen molar-refractivity contribution in [1.82, 2.24) is 0 Å². The minimum atomic E-state index is -0.191. The summed E-state index contributed by atoms with van der Waals surface area (Å²) in [7, 11) is 0. The van der Waals surface area contributed by atoms with E-state index in [0.717, 1.165) is 31.4 Å². The molecule has 1 aromatic rings. The Bertz CT molecular complexity index is 616. The topological polar surface area (TPSA) is 9.23 Å². The molecular weight excluding hydrogens is 328 g/mol. The van der Waals surface area contributed by atoms with Gasteiger partial charge in [0, 0.05) is 0 Å². The van der Waals surface area contributed by atoms with E-state index in [9.17, 15) is 0 Å². The van der Waals surface area contributed by atoms with Crippen LogP contribution in [0.3, 0.4) is 0 Å². The van der Waals surface area contributed by atoms with Crippen molar-refractivity contribution >= 4 is 0 Å². The Morgan fingerprint density at radius 1 is 0.778 bits per heavy atom. The van der Waals surface area contributed by atoms with Crippen molar-refractivity contribution in [2.75, 3.05) is 0 Å². The summed E-state index contributed by atoms with van der Waals surface area (Å²) < 4.78 is 6.66. The van der Waals surface area contributed by atoms with Crippen LogP contribution >= 0.6 is 0 Å². The molecule has 156 valence electrons. The third kappa shape index (κ3) is 8.28. The molecule has 1 nitrogen and oxygen atoms in total. The zero-order valence-corrected chi connectivity index (χ0v) is 20.4. The van der Waals surface area contributed by atoms with Gasteiger partial charge < -0.3 is 4.74 Å². The predicted molar refractivity (Wildman–Crippen MR) is 121 cm³/mol. The molecule has 1 aromatic carbocycles. The van der Waals surface area contributed by atoms with E-state index in [1.165, 1.54) is 22.3 Å². The molecule has 0 saturated carbocycles. The van der Waals surface area contributed by atoms with Crippen LogP contribution in [0.4, 0.5) is 0 Å². The summed E-state index contributed by atoms with van der Waals surface area (Å²) in [5, 5.41) is 0. The third-order valence-corrected chi connectivity index (χ3v) is 4.48. The zero-order chi connectivity index (χ0) is 21.2. The first-order valence-corrected chi connectivity index (χ1v) is 10.9. The highest BCUT2D eigenvalue weighted by atomic mass is 16.5. The van der Waals surface area contributed by atoms with Crippen molar-refractivity contribution in [2.24, 2.45) is 16.7 Å². The monoisotopic (exact) mass is 374 g/mol. The van der Waals surface area contributed by atoms with Crippen LogP contribution < -0.4 is 4.74 Å². The molecule has 0 bridgehead atoms. The van der Waals surface area contributed by atoms with Gasteiger partial charge in [-0.1, -0.05) is 68.4 Å². The van der Waals surface area contributed by atoms with Crippen LogP contribution in [0, 0.1) is 16.7 Å². The van der Waals surface area contributed by atoms with Crippen LogP contribution in [0.1, 0.15) is 105 Å². The molecule has 0 atom stereocenters. The number of benzene rings is 1. The lowest BCUT2D eigenvalue weighted by Crippen LogP contribution is -2.27. The van der Waals surface area contributed by atoms with Crippen molar-refractivity contribution in [3.05, 3.63) is 28.3 Å². The molecule has 0 aliphatic carbocycles. The van der Waals surface area contributed by atoms with Gasteiger partial charge in [0.05, 0.1) is 0 Å². The van der Waals surface area contributed by atoms with E-state index < -0.39 is 0 Å². The summed E-state index contributed by atoms with van der Waals surface area (Å²) in [5.74, 6) is 1.83. The maximum atomic E-state index is 6.66. The summed E-state index contributed by atoms with van der Waals surface area (Å²) in [4.78, 5) is 0. The molecule has 0 unspecified atom stereocenters. The lowest BCUT2D eigenvalue weighted by atomic mass is 9.79. The lowest BCUT2D eigenvalue weighted by molar-refractivity contribution is 0.125.